The number of carbonyl (C=O) groups excluding carboxylic acids is 1. The lowest BCUT2D eigenvalue weighted by Crippen LogP contribution is -2.46. The number of aryl methyl sites for hydroxylation is 1. The van der Waals surface area contributed by atoms with Crippen molar-refractivity contribution in [2.24, 2.45) is 5.41 Å². The average molecular weight is 548 g/mol. The first-order valence-corrected chi connectivity index (χ1v) is 13.4. The number of carbonyl (C=O) groups is 1. The molecular weight excluding hydrogens is 519 g/mol. The fourth-order valence-corrected chi connectivity index (χ4v) is 6.12. The molecule has 1 saturated heterocycles. The lowest BCUT2D eigenvalue weighted by molar-refractivity contribution is -0.149. The Morgan fingerprint density at radius 2 is 1.95 bits per heavy atom. The first kappa shape index (κ1) is 27.8. The number of rotatable bonds is 9. The minimum absolute atomic E-state index is 0.155. The number of hydrogen-bond donors (Lipinski definition) is 3. The third-order valence-electron chi connectivity index (χ3n) is 6.54. The van der Waals surface area contributed by atoms with E-state index in [4.69, 9.17) is 18.5 Å². The van der Waals surface area contributed by atoms with E-state index in [1.165, 1.54) is 39.1 Å². The standard InChI is InChI=1S/C24H29N4O9P/c1-13(2)34-20(30)15(4)27-38(33,36-16-9-7-6-8-10-16)37-18-17-24(18,32)23(5,12-25)21(35-17)28-11-14(3)19(29)26-22(28)31/h6-11,13,15,17-18,21,32H,1-5H3,(H,27,33)(H,26,29,31)/t15-,17-,18?,21-,23+,24+,38?/m1/s1. The van der Waals surface area contributed by atoms with Gasteiger partial charge in [0.05, 0.1) is 12.2 Å². The summed E-state index contributed by atoms with van der Waals surface area (Å²) < 4.78 is 37.3. The van der Waals surface area contributed by atoms with E-state index in [1.807, 2.05) is 6.07 Å². The highest BCUT2D eigenvalue weighted by Crippen LogP contribution is 2.68. The van der Waals surface area contributed by atoms with Crippen molar-refractivity contribution in [1.29, 1.82) is 5.26 Å². The molecule has 2 aliphatic rings. The number of aliphatic hydroxyl groups is 1. The van der Waals surface area contributed by atoms with E-state index in [-0.39, 0.29) is 11.3 Å². The van der Waals surface area contributed by atoms with Crippen molar-refractivity contribution in [2.75, 3.05) is 0 Å². The lowest BCUT2D eigenvalue weighted by Gasteiger charge is -2.32. The zero-order valence-corrected chi connectivity index (χ0v) is 22.3. The van der Waals surface area contributed by atoms with Crippen molar-refractivity contribution >= 4 is 13.7 Å². The van der Waals surface area contributed by atoms with Crippen LogP contribution in [0.3, 0.4) is 0 Å². The Labute approximate surface area is 217 Å². The predicted molar refractivity (Wildman–Crippen MR) is 132 cm³/mol. The summed E-state index contributed by atoms with van der Waals surface area (Å²) in [5.74, 6) is -0.552. The van der Waals surface area contributed by atoms with E-state index in [0.29, 0.717) is 0 Å². The molecule has 2 unspecified atom stereocenters. The number of benzene rings is 1. The van der Waals surface area contributed by atoms with Crippen LogP contribution >= 0.6 is 7.75 Å². The zero-order chi connectivity index (χ0) is 28.0. The number of ether oxygens (including phenoxy) is 2. The minimum atomic E-state index is -4.38. The molecule has 1 aromatic heterocycles. The summed E-state index contributed by atoms with van der Waals surface area (Å²) in [5.41, 5.74) is -5.00. The number of aromatic nitrogens is 2. The number of nitrogens with zero attached hydrogens (tertiary/aromatic N) is 2. The summed E-state index contributed by atoms with van der Waals surface area (Å²) >= 11 is 0. The van der Waals surface area contributed by atoms with E-state index in [2.05, 4.69) is 10.1 Å². The number of hydrogen-bond acceptors (Lipinski definition) is 10. The van der Waals surface area contributed by atoms with Crippen molar-refractivity contribution in [2.45, 2.75) is 70.8 Å². The minimum Gasteiger partial charge on any atom is -0.462 e. The molecule has 4 rings (SSSR count). The van der Waals surface area contributed by atoms with Crippen LogP contribution in [-0.2, 0) is 23.4 Å². The molecule has 0 spiro atoms. The maximum atomic E-state index is 13.9. The van der Waals surface area contributed by atoms with Crippen LogP contribution in [0.1, 0.15) is 39.5 Å². The molecule has 1 aliphatic carbocycles. The maximum Gasteiger partial charge on any atom is 0.459 e. The molecule has 1 saturated carbocycles. The van der Waals surface area contributed by atoms with Crippen molar-refractivity contribution in [3.63, 3.8) is 0 Å². The molecule has 38 heavy (non-hydrogen) atoms. The molecule has 7 atom stereocenters. The van der Waals surface area contributed by atoms with E-state index in [1.54, 1.807) is 32.0 Å². The van der Waals surface area contributed by atoms with Crippen molar-refractivity contribution < 1.29 is 33.0 Å². The van der Waals surface area contributed by atoms with Crippen molar-refractivity contribution in [3.8, 4) is 11.8 Å². The van der Waals surface area contributed by atoms with Gasteiger partial charge in [0.25, 0.3) is 5.56 Å². The van der Waals surface area contributed by atoms with Gasteiger partial charge in [-0.1, -0.05) is 18.2 Å². The molecule has 1 aliphatic heterocycles. The highest BCUT2D eigenvalue weighted by molar-refractivity contribution is 7.52. The number of para-hydroxylation sites is 1. The second-order valence-corrected chi connectivity index (χ2v) is 11.4. The first-order chi connectivity index (χ1) is 17.8. The van der Waals surface area contributed by atoms with Gasteiger partial charge in [-0.15, -0.1) is 0 Å². The van der Waals surface area contributed by atoms with Crippen LogP contribution in [0.15, 0.2) is 46.1 Å². The summed E-state index contributed by atoms with van der Waals surface area (Å²) in [4.78, 5) is 38.8. The summed E-state index contributed by atoms with van der Waals surface area (Å²) in [7, 11) is -4.38. The van der Waals surface area contributed by atoms with Crippen LogP contribution in [0.5, 0.6) is 5.75 Å². The van der Waals surface area contributed by atoms with Crippen LogP contribution in [-0.4, -0.2) is 50.6 Å². The Hall–Kier alpha value is -3.27. The van der Waals surface area contributed by atoms with E-state index in [9.17, 15) is 29.3 Å². The smallest absolute Gasteiger partial charge is 0.459 e. The monoisotopic (exact) mass is 548 g/mol. The van der Waals surface area contributed by atoms with Crippen LogP contribution in [0, 0.1) is 23.7 Å². The van der Waals surface area contributed by atoms with Gasteiger partial charge in [0.15, 0.2) is 6.23 Å². The van der Waals surface area contributed by atoms with Gasteiger partial charge in [0.1, 0.15) is 35.0 Å². The SMILES string of the molecule is Cc1cn([C@@H]2O[C@@H]3C(OP(=O)(N[C@H](C)C(=O)OC(C)C)Oc4ccccc4)[C@]3(O)[C@@]2(C)C#N)c(=O)[nH]c1=O. The summed E-state index contributed by atoms with van der Waals surface area (Å²) in [6.07, 6.45) is -2.97. The number of nitrogens with one attached hydrogen (secondary N) is 2. The van der Waals surface area contributed by atoms with Crippen LogP contribution < -0.4 is 20.9 Å². The normalized spacial score (nSPS) is 30.1. The third kappa shape index (κ3) is 4.70. The molecule has 14 heteroatoms. The number of nitriles is 1. The molecule has 2 fully saturated rings. The number of H-pyrrole nitrogens is 1. The second kappa shape index (κ2) is 9.80. The van der Waals surface area contributed by atoms with Gasteiger partial charge in [0.2, 0.25) is 0 Å². The summed E-state index contributed by atoms with van der Waals surface area (Å²) in [5, 5.41) is 24.1. The van der Waals surface area contributed by atoms with Gasteiger partial charge in [-0.05, 0) is 46.8 Å². The van der Waals surface area contributed by atoms with Crippen LogP contribution in [0.2, 0.25) is 0 Å². The van der Waals surface area contributed by atoms with Gasteiger partial charge >= 0.3 is 19.4 Å². The van der Waals surface area contributed by atoms with Gasteiger partial charge in [-0.2, -0.15) is 10.3 Å². The third-order valence-corrected chi connectivity index (χ3v) is 8.20. The molecule has 13 nitrogen and oxygen atoms in total. The summed E-state index contributed by atoms with van der Waals surface area (Å²) in [6, 6.07) is 8.91. The van der Waals surface area contributed by atoms with Crippen LogP contribution in [0.4, 0.5) is 0 Å². The molecule has 0 bridgehead atoms. The highest BCUT2D eigenvalue weighted by atomic mass is 31.2. The van der Waals surface area contributed by atoms with Gasteiger partial charge in [-0.3, -0.25) is 23.7 Å². The van der Waals surface area contributed by atoms with Crippen molar-refractivity contribution in [3.05, 3.63) is 62.9 Å². The number of aromatic amines is 1. The molecule has 204 valence electrons. The molecule has 0 amide bonds. The quantitative estimate of drug-likeness (QED) is 0.305. The van der Waals surface area contributed by atoms with Gasteiger partial charge in [-0.25, -0.2) is 9.36 Å². The van der Waals surface area contributed by atoms with Gasteiger partial charge < -0.3 is 19.1 Å². The molecule has 2 aromatic rings. The Morgan fingerprint density at radius 3 is 2.55 bits per heavy atom. The van der Waals surface area contributed by atoms with Gasteiger partial charge in [0, 0.05) is 11.8 Å². The molecule has 1 aromatic carbocycles. The molecule has 2 heterocycles. The Morgan fingerprint density at radius 1 is 1.29 bits per heavy atom. The predicted octanol–water partition coefficient (Wildman–Crippen LogP) is 1.52. The van der Waals surface area contributed by atoms with E-state index < -0.39 is 66.6 Å². The fraction of sp³-hybridized carbons (Fsp3) is 0.500. The van der Waals surface area contributed by atoms with Crippen molar-refractivity contribution in [1.82, 2.24) is 14.6 Å². The molecule has 0 radical (unpaired) electrons. The molecule has 3 N–H and O–H groups in total. The Kier molecular flexibility index (Phi) is 7.16. The number of esters is 1. The zero-order valence-electron chi connectivity index (χ0n) is 21.4. The largest absolute Gasteiger partial charge is 0.462 e. The topological polar surface area (TPSA) is 182 Å². The van der Waals surface area contributed by atoms with Crippen LogP contribution in [0.25, 0.3) is 0 Å². The first-order valence-electron chi connectivity index (χ1n) is 11.9. The molecular formula is C24H29N4O9P. The van der Waals surface area contributed by atoms with E-state index >= 15 is 0 Å². The maximum absolute atomic E-state index is 13.9. The summed E-state index contributed by atoms with van der Waals surface area (Å²) in [6.45, 7) is 7.58. The Balaban J connectivity index is 1.62. The Bertz CT molecular complexity index is 1430. The number of fused-ring (bicyclic) bond motifs is 1. The van der Waals surface area contributed by atoms with E-state index in [0.717, 1.165) is 4.57 Å². The fourth-order valence-electron chi connectivity index (χ4n) is 4.41. The second-order valence-electron chi connectivity index (χ2n) is 9.79. The average Bonchev–Trinajstić information content (AvgIpc) is 3.31. The highest BCUT2D eigenvalue weighted by Gasteiger charge is 2.84. The lowest BCUT2D eigenvalue weighted by atomic mass is 9.82.